The minimum atomic E-state index is -3.89. The molecule has 20 heavy (non-hydrogen) atoms. The quantitative estimate of drug-likeness (QED) is 0.771. The van der Waals surface area contributed by atoms with E-state index in [0.29, 0.717) is 0 Å². The van der Waals surface area contributed by atoms with E-state index in [1.165, 1.54) is 21.0 Å². The molecule has 7 nitrogen and oxygen atoms in total. The summed E-state index contributed by atoms with van der Waals surface area (Å²) in [5, 5.41) is 0. The first-order chi connectivity index (χ1) is 8.74. The molecule has 116 valence electrons. The molecule has 1 heterocycles. The Bertz CT molecular complexity index is 582. The fourth-order valence-electron chi connectivity index (χ4n) is 1.70. The lowest BCUT2D eigenvalue weighted by Crippen LogP contribution is -2.38. The van der Waals surface area contributed by atoms with Gasteiger partial charge in [0.2, 0.25) is 10.0 Å². The summed E-state index contributed by atoms with van der Waals surface area (Å²) in [6, 6.07) is -0.454. The molecule has 0 spiro atoms. The van der Waals surface area contributed by atoms with Crippen molar-refractivity contribution in [3.05, 3.63) is 17.1 Å². The number of sulfonamides is 1. The predicted octanol–water partition coefficient (Wildman–Crippen LogP) is 0.730. The monoisotopic (exact) mass is 326 g/mol. The topological polar surface area (TPSA) is 112 Å². The fraction of sp³-hybridized carbons (Fsp3) is 0.545. The van der Waals surface area contributed by atoms with E-state index in [2.05, 4.69) is 9.46 Å². The number of hydrogen-bond donors (Lipinski definition) is 2. The normalized spacial score (nSPS) is 12.7. The van der Waals surface area contributed by atoms with Gasteiger partial charge in [0.1, 0.15) is 22.0 Å². The Hall–Kier alpha value is -1.09. The number of aryl methyl sites for hydroxylation is 2. The van der Waals surface area contributed by atoms with Gasteiger partial charge in [0.15, 0.2) is 0 Å². The largest absolute Gasteiger partial charge is 0.465 e. The van der Waals surface area contributed by atoms with Crippen molar-refractivity contribution in [3.8, 4) is 0 Å². The van der Waals surface area contributed by atoms with Crippen LogP contribution in [-0.4, -0.2) is 34.1 Å². The zero-order valence-corrected chi connectivity index (χ0v) is 13.4. The smallest absolute Gasteiger partial charge is 0.342 e. The van der Waals surface area contributed by atoms with E-state index in [-0.39, 0.29) is 40.9 Å². The Balaban J connectivity index is 0.00000361. The molecule has 0 aliphatic carbocycles. The second-order valence-electron chi connectivity index (χ2n) is 4.17. The first kappa shape index (κ1) is 18.9. The third kappa shape index (κ3) is 3.72. The van der Waals surface area contributed by atoms with Crippen molar-refractivity contribution in [2.75, 3.05) is 13.7 Å². The van der Waals surface area contributed by atoms with Crippen molar-refractivity contribution in [3.63, 3.8) is 0 Å². The van der Waals surface area contributed by atoms with E-state index >= 15 is 0 Å². The lowest BCUT2D eigenvalue weighted by atomic mass is 10.2. The molecular formula is C11H19ClN2O5S. The Labute approximate surface area is 124 Å². The average molecular weight is 327 g/mol. The molecule has 0 fully saturated rings. The van der Waals surface area contributed by atoms with E-state index < -0.39 is 22.0 Å². The van der Waals surface area contributed by atoms with Crippen LogP contribution in [0.5, 0.6) is 0 Å². The SMILES string of the molecule is COC(=O)c1c(C)oc(C)c1S(=O)(=O)N[C@H](C)CN.Cl. The average Bonchev–Trinajstić information content (AvgIpc) is 2.63. The number of hydrogen-bond acceptors (Lipinski definition) is 6. The maximum Gasteiger partial charge on any atom is 0.342 e. The van der Waals surface area contributed by atoms with Crippen molar-refractivity contribution in [2.45, 2.75) is 31.7 Å². The highest BCUT2D eigenvalue weighted by molar-refractivity contribution is 7.89. The summed E-state index contributed by atoms with van der Waals surface area (Å²) in [4.78, 5) is 11.5. The molecule has 1 atom stereocenters. The van der Waals surface area contributed by atoms with E-state index in [1.54, 1.807) is 6.92 Å². The molecule has 0 aliphatic heterocycles. The molecule has 0 saturated carbocycles. The highest BCUT2D eigenvalue weighted by Gasteiger charge is 2.32. The van der Waals surface area contributed by atoms with Gasteiger partial charge in [-0.25, -0.2) is 17.9 Å². The van der Waals surface area contributed by atoms with Crippen LogP contribution in [0.4, 0.5) is 0 Å². The molecule has 0 aliphatic rings. The van der Waals surface area contributed by atoms with Crippen molar-refractivity contribution >= 4 is 28.4 Å². The molecule has 1 aromatic heterocycles. The Morgan fingerprint density at radius 2 is 1.95 bits per heavy atom. The number of carbonyl (C=O) groups excluding carboxylic acids is 1. The van der Waals surface area contributed by atoms with Gasteiger partial charge in [-0.3, -0.25) is 0 Å². The maximum absolute atomic E-state index is 12.2. The summed E-state index contributed by atoms with van der Waals surface area (Å²) in [5.41, 5.74) is 5.30. The second-order valence-corrected chi connectivity index (χ2v) is 5.82. The molecule has 0 unspecified atom stereocenters. The van der Waals surface area contributed by atoms with Crippen molar-refractivity contribution in [1.29, 1.82) is 0 Å². The van der Waals surface area contributed by atoms with E-state index in [0.717, 1.165) is 0 Å². The van der Waals surface area contributed by atoms with E-state index in [4.69, 9.17) is 10.2 Å². The van der Waals surface area contributed by atoms with Crippen LogP contribution in [0, 0.1) is 13.8 Å². The van der Waals surface area contributed by atoms with Crippen LogP contribution in [0.2, 0.25) is 0 Å². The fourth-order valence-corrected chi connectivity index (χ4v) is 3.36. The van der Waals surface area contributed by atoms with Crippen LogP contribution >= 0.6 is 12.4 Å². The number of ether oxygens (including phenoxy) is 1. The first-order valence-corrected chi connectivity index (χ1v) is 7.13. The summed E-state index contributed by atoms with van der Waals surface area (Å²) < 4.78 is 36.7. The lowest BCUT2D eigenvalue weighted by Gasteiger charge is -2.12. The second kappa shape index (κ2) is 7.07. The molecule has 0 amide bonds. The van der Waals surface area contributed by atoms with Crippen molar-refractivity contribution < 1.29 is 22.4 Å². The molecule has 0 saturated heterocycles. The zero-order valence-electron chi connectivity index (χ0n) is 11.7. The Morgan fingerprint density at radius 1 is 1.40 bits per heavy atom. The molecule has 3 N–H and O–H groups in total. The number of carbonyl (C=O) groups is 1. The Morgan fingerprint density at radius 3 is 2.40 bits per heavy atom. The van der Waals surface area contributed by atoms with Crippen LogP contribution in [0.25, 0.3) is 0 Å². The van der Waals surface area contributed by atoms with Crippen molar-refractivity contribution in [2.24, 2.45) is 5.73 Å². The van der Waals surface area contributed by atoms with E-state index in [1.807, 2.05) is 0 Å². The maximum atomic E-state index is 12.2. The minimum Gasteiger partial charge on any atom is -0.465 e. The van der Waals surface area contributed by atoms with Gasteiger partial charge in [0, 0.05) is 12.6 Å². The van der Waals surface area contributed by atoms with E-state index in [9.17, 15) is 13.2 Å². The van der Waals surface area contributed by atoms with Gasteiger partial charge in [-0.15, -0.1) is 12.4 Å². The standard InChI is InChI=1S/C11H18N2O5S.ClH/c1-6(5-12)13-19(15,16)10-8(3)18-7(2)9(10)11(14)17-4;/h6,13H,5,12H2,1-4H3;1H/t6-;/m1./s1. The van der Waals surface area contributed by atoms with Gasteiger partial charge in [-0.05, 0) is 20.8 Å². The minimum absolute atomic E-state index is 0. The molecule has 0 radical (unpaired) electrons. The van der Waals surface area contributed by atoms with Crippen LogP contribution < -0.4 is 10.5 Å². The highest BCUT2D eigenvalue weighted by atomic mass is 35.5. The molecule has 9 heteroatoms. The number of furan rings is 1. The van der Waals surface area contributed by atoms with Crippen LogP contribution in [0.1, 0.15) is 28.8 Å². The number of nitrogens with one attached hydrogen (secondary N) is 1. The molecule has 1 aromatic rings. The Kier molecular flexibility index (Phi) is 6.69. The predicted molar refractivity (Wildman–Crippen MR) is 75.6 cm³/mol. The van der Waals surface area contributed by atoms with Gasteiger partial charge >= 0.3 is 5.97 Å². The summed E-state index contributed by atoms with van der Waals surface area (Å²) >= 11 is 0. The lowest BCUT2D eigenvalue weighted by molar-refractivity contribution is 0.0595. The van der Waals surface area contributed by atoms with Gasteiger partial charge in [0.05, 0.1) is 7.11 Å². The van der Waals surface area contributed by atoms with Gasteiger partial charge in [0.25, 0.3) is 0 Å². The number of methoxy groups -OCH3 is 1. The number of nitrogens with two attached hydrogens (primary N) is 1. The highest BCUT2D eigenvalue weighted by Crippen LogP contribution is 2.27. The molecular weight excluding hydrogens is 308 g/mol. The van der Waals surface area contributed by atoms with Gasteiger partial charge in [-0.2, -0.15) is 0 Å². The van der Waals surface area contributed by atoms with Crippen LogP contribution in [-0.2, 0) is 14.8 Å². The van der Waals surface area contributed by atoms with Gasteiger partial charge < -0.3 is 14.9 Å². The number of esters is 1. The third-order valence-electron chi connectivity index (χ3n) is 2.57. The zero-order chi connectivity index (χ0) is 14.8. The molecule has 1 rings (SSSR count). The van der Waals surface area contributed by atoms with Gasteiger partial charge in [-0.1, -0.05) is 0 Å². The van der Waals surface area contributed by atoms with Crippen LogP contribution in [0.15, 0.2) is 9.31 Å². The molecule has 0 bridgehead atoms. The van der Waals surface area contributed by atoms with Crippen LogP contribution in [0.3, 0.4) is 0 Å². The summed E-state index contributed by atoms with van der Waals surface area (Å²) in [6.07, 6.45) is 0. The number of rotatable bonds is 5. The molecule has 0 aromatic carbocycles. The number of halogens is 1. The summed E-state index contributed by atoms with van der Waals surface area (Å²) in [7, 11) is -2.71. The summed E-state index contributed by atoms with van der Waals surface area (Å²) in [6.45, 7) is 4.74. The first-order valence-electron chi connectivity index (χ1n) is 5.65. The van der Waals surface area contributed by atoms with Crippen molar-refractivity contribution in [1.82, 2.24) is 4.72 Å². The summed E-state index contributed by atoms with van der Waals surface area (Å²) in [5.74, 6) is -0.421. The third-order valence-corrected chi connectivity index (χ3v) is 4.31.